The molecule has 0 fully saturated rings. The zero-order valence-corrected chi connectivity index (χ0v) is 12.4. The van der Waals surface area contributed by atoms with E-state index in [1.54, 1.807) is 18.3 Å². The van der Waals surface area contributed by atoms with Crippen molar-refractivity contribution in [1.29, 1.82) is 0 Å². The summed E-state index contributed by atoms with van der Waals surface area (Å²) in [5.74, 6) is -0.438. The van der Waals surface area contributed by atoms with Crippen LogP contribution in [0.5, 0.6) is 0 Å². The first-order chi connectivity index (χ1) is 10.6. The quantitative estimate of drug-likeness (QED) is 0.709. The normalized spacial score (nSPS) is 10.5. The fourth-order valence-electron chi connectivity index (χ4n) is 2.06. The van der Waals surface area contributed by atoms with Crippen molar-refractivity contribution in [2.75, 3.05) is 18.8 Å². The van der Waals surface area contributed by atoms with Crippen LogP contribution >= 0.6 is 0 Å². The Morgan fingerprint density at radius 3 is 2.77 bits per heavy atom. The molecule has 0 atom stereocenters. The molecular weight excluding hydrogens is 283 g/mol. The summed E-state index contributed by atoms with van der Waals surface area (Å²) in [6.45, 7) is 3.48. The van der Waals surface area contributed by atoms with Gasteiger partial charge in [0, 0.05) is 31.4 Å². The predicted molar refractivity (Wildman–Crippen MR) is 83.8 cm³/mol. The number of halogens is 1. The highest BCUT2D eigenvalue weighted by Gasteiger charge is 2.09. The van der Waals surface area contributed by atoms with Gasteiger partial charge in [0.15, 0.2) is 0 Å². The summed E-state index contributed by atoms with van der Waals surface area (Å²) >= 11 is 0. The molecule has 2 rings (SSSR count). The van der Waals surface area contributed by atoms with Gasteiger partial charge in [-0.3, -0.25) is 4.79 Å². The van der Waals surface area contributed by atoms with Crippen LogP contribution in [0.15, 0.2) is 36.5 Å². The molecule has 0 aliphatic heterocycles. The lowest BCUT2D eigenvalue weighted by atomic mass is 10.1. The number of benzene rings is 1. The Hall–Kier alpha value is -2.47. The van der Waals surface area contributed by atoms with Crippen LogP contribution in [-0.2, 0) is 6.54 Å². The van der Waals surface area contributed by atoms with Crippen LogP contribution in [0.1, 0.15) is 21.5 Å². The Kier molecular flexibility index (Phi) is 5.43. The van der Waals surface area contributed by atoms with Crippen molar-refractivity contribution in [3.8, 4) is 0 Å². The molecule has 1 aromatic carbocycles. The number of amides is 1. The third-order valence-corrected chi connectivity index (χ3v) is 3.33. The predicted octanol–water partition coefficient (Wildman–Crippen LogP) is 1.63. The van der Waals surface area contributed by atoms with Gasteiger partial charge in [0.25, 0.3) is 5.91 Å². The van der Waals surface area contributed by atoms with E-state index in [2.05, 4.69) is 15.6 Å². The van der Waals surface area contributed by atoms with E-state index in [9.17, 15) is 9.18 Å². The second-order valence-corrected chi connectivity index (χ2v) is 4.90. The number of nitrogens with two attached hydrogens (primary N) is 1. The van der Waals surface area contributed by atoms with E-state index in [0.29, 0.717) is 25.5 Å². The van der Waals surface area contributed by atoms with E-state index in [1.165, 1.54) is 12.1 Å². The molecule has 1 amide bonds. The molecule has 116 valence electrons. The van der Waals surface area contributed by atoms with Crippen LogP contribution < -0.4 is 16.4 Å². The summed E-state index contributed by atoms with van der Waals surface area (Å²) in [5, 5.41) is 5.84. The maximum Gasteiger partial charge on any atom is 0.254 e. The molecule has 1 aromatic heterocycles. The Morgan fingerprint density at radius 2 is 2.05 bits per heavy atom. The average Bonchev–Trinajstić information content (AvgIpc) is 2.49. The minimum Gasteiger partial charge on any atom is -0.383 e. The topological polar surface area (TPSA) is 80.0 Å². The summed E-state index contributed by atoms with van der Waals surface area (Å²) in [5.41, 5.74) is 7.88. The molecule has 0 saturated heterocycles. The largest absolute Gasteiger partial charge is 0.383 e. The Labute approximate surface area is 128 Å². The van der Waals surface area contributed by atoms with Gasteiger partial charge in [-0.2, -0.15) is 0 Å². The highest BCUT2D eigenvalue weighted by atomic mass is 19.1. The third-order valence-electron chi connectivity index (χ3n) is 3.33. The minimum absolute atomic E-state index is 0.0508. The first-order valence-corrected chi connectivity index (χ1v) is 7.03. The zero-order chi connectivity index (χ0) is 15.9. The molecule has 5 nitrogen and oxygen atoms in total. The van der Waals surface area contributed by atoms with Crippen molar-refractivity contribution in [3.05, 3.63) is 59.0 Å². The maximum atomic E-state index is 13.4. The number of aryl methyl sites for hydroxylation is 1. The zero-order valence-electron chi connectivity index (χ0n) is 12.4. The lowest BCUT2D eigenvalue weighted by molar-refractivity contribution is 0.0950. The maximum absolute atomic E-state index is 13.4. The van der Waals surface area contributed by atoms with Crippen molar-refractivity contribution >= 4 is 11.7 Å². The van der Waals surface area contributed by atoms with Crippen LogP contribution in [0.3, 0.4) is 0 Å². The van der Waals surface area contributed by atoms with Crippen molar-refractivity contribution in [3.63, 3.8) is 0 Å². The molecular formula is C16H19FN4O. The van der Waals surface area contributed by atoms with Crippen molar-refractivity contribution in [1.82, 2.24) is 15.6 Å². The molecule has 0 aliphatic rings. The Bertz CT molecular complexity index is 640. The van der Waals surface area contributed by atoms with Crippen LogP contribution in [0, 0.1) is 12.7 Å². The Balaban J connectivity index is 1.76. The summed E-state index contributed by atoms with van der Waals surface area (Å²) < 4.78 is 13.4. The molecule has 0 saturated carbocycles. The third kappa shape index (κ3) is 4.02. The molecule has 6 heteroatoms. The number of pyridine rings is 1. The SMILES string of the molecule is Cc1ccnc(N)c1CNCCNC(=O)c1ccccc1F. The molecule has 0 bridgehead atoms. The van der Waals surface area contributed by atoms with E-state index < -0.39 is 11.7 Å². The van der Waals surface area contributed by atoms with Crippen LogP contribution in [0.25, 0.3) is 0 Å². The number of aromatic nitrogens is 1. The van der Waals surface area contributed by atoms with Gasteiger partial charge < -0.3 is 16.4 Å². The van der Waals surface area contributed by atoms with E-state index in [0.717, 1.165) is 11.1 Å². The summed E-state index contributed by atoms with van der Waals surface area (Å²) in [6, 6.07) is 7.80. The van der Waals surface area contributed by atoms with E-state index in [1.807, 2.05) is 13.0 Å². The van der Waals surface area contributed by atoms with E-state index in [4.69, 9.17) is 5.73 Å². The second kappa shape index (κ2) is 7.51. The summed E-state index contributed by atoms with van der Waals surface area (Å²) in [6.07, 6.45) is 1.67. The van der Waals surface area contributed by atoms with Crippen LogP contribution in [0.2, 0.25) is 0 Å². The standard InChI is InChI=1S/C16H19FN4O/c1-11-6-7-20-15(18)13(11)10-19-8-9-21-16(22)12-4-2-3-5-14(12)17/h2-7,19H,8-10H2,1H3,(H2,18,20)(H,21,22). The fourth-order valence-corrected chi connectivity index (χ4v) is 2.06. The van der Waals surface area contributed by atoms with Gasteiger partial charge in [0.1, 0.15) is 11.6 Å². The number of nitrogens with zero attached hydrogens (tertiary/aromatic N) is 1. The average molecular weight is 302 g/mol. The highest BCUT2D eigenvalue weighted by molar-refractivity contribution is 5.94. The van der Waals surface area contributed by atoms with Gasteiger partial charge in [-0.15, -0.1) is 0 Å². The monoisotopic (exact) mass is 302 g/mol. The Morgan fingerprint density at radius 1 is 1.27 bits per heavy atom. The molecule has 4 N–H and O–H groups in total. The minimum atomic E-state index is -0.522. The first-order valence-electron chi connectivity index (χ1n) is 7.03. The molecule has 2 aromatic rings. The second-order valence-electron chi connectivity index (χ2n) is 4.90. The number of anilines is 1. The van der Waals surface area contributed by atoms with Crippen LogP contribution in [0.4, 0.5) is 10.2 Å². The molecule has 1 heterocycles. The summed E-state index contributed by atoms with van der Waals surface area (Å²) in [7, 11) is 0. The molecule has 0 aliphatic carbocycles. The van der Waals surface area contributed by atoms with Gasteiger partial charge in [-0.05, 0) is 30.7 Å². The van der Waals surface area contributed by atoms with Crippen molar-refractivity contribution in [2.24, 2.45) is 0 Å². The lowest BCUT2D eigenvalue weighted by Crippen LogP contribution is -2.32. The first kappa shape index (κ1) is 15.9. The van der Waals surface area contributed by atoms with Crippen LogP contribution in [-0.4, -0.2) is 24.0 Å². The summed E-state index contributed by atoms with van der Waals surface area (Å²) in [4.78, 5) is 15.8. The number of hydrogen-bond donors (Lipinski definition) is 3. The molecule has 0 unspecified atom stereocenters. The van der Waals surface area contributed by atoms with E-state index in [-0.39, 0.29) is 5.56 Å². The number of nitrogen functional groups attached to an aromatic ring is 1. The molecule has 0 spiro atoms. The van der Waals surface area contributed by atoms with Gasteiger partial charge in [0.05, 0.1) is 5.56 Å². The lowest BCUT2D eigenvalue weighted by Gasteiger charge is -2.10. The number of rotatable bonds is 6. The van der Waals surface area contributed by atoms with E-state index >= 15 is 0 Å². The van der Waals surface area contributed by atoms with Crippen molar-refractivity contribution in [2.45, 2.75) is 13.5 Å². The number of carbonyl (C=O) groups is 1. The number of hydrogen-bond acceptors (Lipinski definition) is 4. The fraction of sp³-hybridized carbons (Fsp3) is 0.250. The number of carbonyl (C=O) groups excluding carboxylic acids is 1. The molecule has 0 radical (unpaired) electrons. The smallest absolute Gasteiger partial charge is 0.254 e. The highest BCUT2D eigenvalue weighted by Crippen LogP contribution is 2.12. The van der Waals surface area contributed by atoms with Gasteiger partial charge in [-0.25, -0.2) is 9.37 Å². The van der Waals surface area contributed by atoms with Gasteiger partial charge in [-0.1, -0.05) is 12.1 Å². The van der Waals surface area contributed by atoms with Gasteiger partial charge >= 0.3 is 0 Å². The van der Waals surface area contributed by atoms with Gasteiger partial charge in [0.2, 0.25) is 0 Å². The molecule has 22 heavy (non-hydrogen) atoms. The van der Waals surface area contributed by atoms with Crippen molar-refractivity contribution < 1.29 is 9.18 Å². The number of nitrogens with one attached hydrogen (secondary N) is 2.